The van der Waals surface area contributed by atoms with Crippen LogP contribution in [0.1, 0.15) is 12.5 Å². The molecule has 1 aromatic heterocycles. The molecule has 0 N–H and O–H groups in total. The summed E-state index contributed by atoms with van der Waals surface area (Å²) in [7, 11) is 1.78. The molecule has 0 saturated heterocycles. The molecule has 108 valence electrons. The van der Waals surface area contributed by atoms with Gasteiger partial charge in [-0.3, -0.25) is 4.79 Å². The van der Waals surface area contributed by atoms with Crippen LogP contribution < -0.4 is 10.3 Å². The third-order valence-corrected chi connectivity index (χ3v) is 3.85. The van der Waals surface area contributed by atoms with E-state index < -0.39 is 0 Å². The van der Waals surface area contributed by atoms with Crippen LogP contribution in [0.25, 0.3) is 11.3 Å². The van der Waals surface area contributed by atoms with E-state index in [4.69, 9.17) is 4.74 Å². The molecule has 0 aliphatic heterocycles. The highest BCUT2D eigenvalue weighted by atomic mass is 79.9. The molecule has 0 radical (unpaired) electrons. The summed E-state index contributed by atoms with van der Waals surface area (Å²) in [5, 5.41) is 0. The number of rotatable bonds is 3. The van der Waals surface area contributed by atoms with Gasteiger partial charge in [-0.1, -0.05) is 12.0 Å². The number of aryl methyl sites for hydroxylation is 1. The van der Waals surface area contributed by atoms with Gasteiger partial charge in [-0.05, 0) is 54.0 Å². The first kappa shape index (κ1) is 15.4. The van der Waals surface area contributed by atoms with Crippen molar-refractivity contribution in [1.29, 1.82) is 0 Å². The fraction of sp³-hybridized carbons (Fsp3) is 0.235. The summed E-state index contributed by atoms with van der Waals surface area (Å²) in [6.07, 6.45) is 0. The lowest BCUT2D eigenvalue weighted by molar-refractivity contribution is 0.370. The lowest BCUT2D eigenvalue weighted by Crippen LogP contribution is -2.20. The molecule has 0 bridgehead atoms. The maximum Gasteiger partial charge on any atom is 0.253 e. The second-order valence-corrected chi connectivity index (χ2v) is 5.48. The first-order valence-electron chi connectivity index (χ1n) is 6.53. The first-order chi connectivity index (χ1) is 10.0. The molecule has 2 rings (SSSR count). The van der Waals surface area contributed by atoms with Gasteiger partial charge in [0, 0.05) is 22.6 Å². The van der Waals surface area contributed by atoms with Crippen LogP contribution in [-0.4, -0.2) is 11.2 Å². The zero-order valence-corrected chi connectivity index (χ0v) is 13.8. The Bertz CT molecular complexity index is 782. The smallest absolute Gasteiger partial charge is 0.253 e. The van der Waals surface area contributed by atoms with Crippen LogP contribution in [0.2, 0.25) is 0 Å². The summed E-state index contributed by atoms with van der Waals surface area (Å²) in [5.41, 5.74) is 2.55. The van der Waals surface area contributed by atoms with Crippen LogP contribution in [0.5, 0.6) is 5.75 Å². The minimum atomic E-state index is 0.0120. The van der Waals surface area contributed by atoms with Crippen LogP contribution in [0.4, 0.5) is 0 Å². The summed E-state index contributed by atoms with van der Waals surface area (Å²) in [4.78, 5) is 12.0. The molecule has 2 aromatic rings. The third-order valence-electron chi connectivity index (χ3n) is 3.20. The van der Waals surface area contributed by atoms with Crippen molar-refractivity contribution >= 4 is 15.9 Å². The number of hydrogen-bond donors (Lipinski definition) is 0. The summed E-state index contributed by atoms with van der Waals surface area (Å²) < 4.78 is 8.05. The maximum absolute atomic E-state index is 12.0. The van der Waals surface area contributed by atoms with E-state index in [9.17, 15) is 4.79 Å². The number of pyridine rings is 1. The molecule has 0 spiro atoms. The van der Waals surface area contributed by atoms with Crippen LogP contribution >= 0.6 is 15.9 Å². The monoisotopic (exact) mass is 345 g/mol. The molecular formula is C17H16BrNO2. The van der Waals surface area contributed by atoms with Crippen molar-refractivity contribution < 1.29 is 4.74 Å². The number of halogens is 1. The normalized spacial score (nSPS) is 9.90. The third kappa shape index (κ3) is 3.37. The molecule has 4 heteroatoms. The average Bonchev–Trinajstić information content (AvgIpc) is 2.46. The highest BCUT2D eigenvalue weighted by Gasteiger charge is 2.09. The number of ether oxygens (including phenoxy) is 1. The Morgan fingerprint density at radius 2 is 2.05 bits per heavy atom. The lowest BCUT2D eigenvalue weighted by Gasteiger charge is -2.12. The van der Waals surface area contributed by atoms with E-state index in [0.29, 0.717) is 6.61 Å². The molecular weight excluding hydrogens is 330 g/mol. The number of nitrogens with zero attached hydrogens (tertiary/aromatic N) is 1. The average molecular weight is 346 g/mol. The zero-order valence-electron chi connectivity index (χ0n) is 12.2. The second kappa shape index (κ2) is 6.64. The topological polar surface area (TPSA) is 31.2 Å². The quantitative estimate of drug-likeness (QED) is 0.797. The summed E-state index contributed by atoms with van der Waals surface area (Å²) in [6, 6.07) is 9.48. The Labute approximate surface area is 132 Å². The predicted molar refractivity (Wildman–Crippen MR) is 88.5 cm³/mol. The van der Waals surface area contributed by atoms with Crippen molar-refractivity contribution in [3.05, 3.63) is 50.7 Å². The van der Waals surface area contributed by atoms with Crippen LogP contribution in [0.15, 0.2) is 39.6 Å². The van der Waals surface area contributed by atoms with Crippen LogP contribution in [-0.2, 0) is 7.05 Å². The molecule has 1 aromatic carbocycles. The Morgan fingerprint density at radius 3 is 2.71 bits per heavy atom. The van der Waals surface area contributed by atoms with Gasteiger partial charge in [0.15, 0.2) is 0 Å². The van der Waals surface area contributed by atoms with Gasteiger partial charge in [-0.25, -0.2) is 0 Å². The van der Waals surface area contributed by atoms with Crippen molar-refractivity contribution in [2.24, 2.45) is 7.05 Å². The Morgan fingerprint density at radius 1 is 1.29 bits per heavy atom. The van der Waals surface area contributed by atoms with Crippen molar-refractivity contribution in [1.82, 2.24) is 4.57 Å². The zero-order chi connectivity index (χ0) is 15.4. The molecule has 0 saturated carbocycles. The van der Waals surface area contributed by atoms with Gasteiger partial charge in [-0.15, -0.1) is 5.92 Å². The lowest BCUT2D eigenvalue weighted by atomic mass is 10.1. The first-order valence-corrected chi connectivity index (χ1v) is 7.33. The van der Waals surface area contributed by atoms with E-state index in [0.717, 1.165) is 27.0 Å². The highest BCUT2D eigenvalue weighted by Crippen LogP contribution is 2.30. The number of aromatic nitrogens is 1. The van der Waals surface area contributed by atoms with Gasteiger partial charge in [0.05, 0.1) is 5.69 Å². The molecule has 0 unspecified atom stereocenters. The van der Waals surface area contributed by atoms with Crippen molar-refractivity contribution in [3.8, 4) is 28.8 Å². The van der Waals surface area contributed by atoms with Crippen molar-refractivity contribution in [2.75, 3.05) is 6.61 Å². The van der Waals surface area contributed by atoms with Crippen molar-refractivity contribution in [3.63, 3.8) is 0 Å². The van der Waals surface area contributed by atoms with E-state index in [1.54, 1.807) is 18.5 Å². The van der Waals surface area contributed by atoms with Crippen LogP contribution in [0, 0.1) is 18.8 Å². The van der Waals surface area contributed by atoms with E-state index >= 15 is 0 Å². The van der Waals surface area contributed by atoms with Crippen molar-refractivity contribution in [2.45, 2.75) is 13.8 Å². The fourth-order valence-electron chi connectivity index (χ4n) is 2.02. The number of hydrogen-bond acceptors (Lipinski definition) is 2. The second-order valence-electron chi connectivity index (χ2n) is 4.62. The minimum Gasteiger partial charge on any atom is -0.481 e. The van der Waals surface area contributed by atoms with Gasteiger partial charge < -0.3 is 9.30 Å². The molecule has 0 atom stereocenters. The van der Waals surface area contributed by atoms with Gasteiger partial charge in [0.1, 0.15) is 12.4 Å². The Balaban J connectivity index is 2.39. The fourth-order valence-corrected chi connectivity index (χ4v) is 2.58. The predicted octanol–water partition coefficient (Wildman–Crippen LogP) is 3.53. The van der Waals surface area contributed by atoms with Gasteiger partial charge in [0.2, 0.25) is 0 Å². The standard InChI is InChI=1S/C17H16BrNO2/c1-4-5-10-21-13-7-8-14(15(18)11-13)16-9-6-12(2)17(20)19(16)3/h6-9,11H,10H2,1-3H3. The summed E-state index contributed by atoms with van der Waals surface area (Å²) >= 11 is 3.54. The van der Waals surface area contributed by atoms with E-state index in [-0.39, 0.29) is 5.56 Å². The molecule has 0 aliphatic carbocycles. The number of benzene rings is 1. The van der Waals surface area contributed by atoms with Crippen LogP contribution in [0.3, 0.4) is 0 Å². The van der Waals surface area contributed by atoms with E-state index in [2.05, 4.69) is 27.8 Å². The SMILES string of the molecule is CC#CCOc1ccc(-c2ccc(C)c(=O)n2C)c(Br)c1. The van der Waals surface area contributed by atoms with Gasteiger partial charge >= 0.3 is 0 Å². The Kier molecular flexibility index (Phi) is 4.87. The maximum atomic E-state index is 12.0. The molecule has 0 aliphatic rings. The largest absolute Gasteiger partial charge is 0.481 e. The summed E-state index contributed by atoms with van der Waals surface area (Å²) in [5.74, 6) is 6.38. The van der Waals surface area contributed by atoms with E-state index in [1.165, 1.54) is 0 Å². The molecule has 0 amide bonds. The molecule has 21 heavy (non-hydrogen) atoms. The van der Waals surface area contributed by atoms with E-state index in [1.807, 2.05) is 37.3 Å². The van der Waals surface area contributed by atoms with Gasteiger partial charge in [0.25, 0.3) is 5.56 Å². The van der Waals surface area contributed by atoms with Gasteiger partial charge in [-0.2, -0.15) is 0 Å². The summed E-state index contributed by atoms with van der Waals surface area (Å²) in [6.45, 7) is 3.96. The Hall–Kier alpha value is -1.99. The molecule has 0 fully saturated rings. The molecule has 1 heterocycles. The minimum absolute atomic E-state index is 0.0120. The molecule has 3 nitrogen and oxygen atoms in total. The highest BCUT2D eigenvalue weighted by molar-refractivity contribution is 9.10.